The highest BCUT2D eigenvalue weighted by Gasteiger charge is 2.27. The second kappa shape index (κ2) is 7.80. The molecule has 1 amide bonds. The highest BCUT2D eigenvalue weighted by atomic mass is 19.4. The van der Waals surface area contributed by atoms with Gasteiger partial charge in [0.1, 0.15) is 12.3 Å². The lowest BCUT2D eigenvalue weighted by Crippen LogP contribution is -2.33. The van der Waals surface area contributed by atoms with E-state index in [2.05, 4.69) is 10.1 Å². The standard InChI is InChI=1S/C15H16F3N3O3/c1-2-23-11-5-3-10(4-6-11)14-20-13(24-21-14)8-7-12(22)19-9-15(16,17)18/h3-6H,2,7-9H2,1H3,(H,19,22). The summed E-state index contributed by atoms with van der Waals surface area (Å²) in [6, 6.07) is 7.05. The van der Waals surface area contributed by atoms with Gasteiger partial charge in [0.05, 0.1) is 6.61 Å². The number of aromatic nitrogens is 2. The van der Waals surface area contributed by atoms with E-state index in [-0.39, 0.29) is 18.7 Å². The van der Waals surface area contributed by atoms with E-state index >= 15 is 0 Å². The van der Waals surface area contributed by atoms with Crippen LogP contribution in [0.3, 0.4) is 0 Å². The number of alkyl halides is 3. The minimum atomic E-state index is -4.43. The molecular weight excluding hydrogens is 327 g/mol. The molecule has 1 heterocycles. The van der Waals surface area contributed by atoms with Gasteiger partial charge in [-0.1, -0.05) is 5.16 Å². The number of benzene rings is 1. The summed E-state index contributed by atoms with van der Waals surface area (Å²) in [4.78, 5) is 15.4. The van der Waals surface area contributed by atoms with Crippen molar-refractivity contribution in [3.05, 3.63) is 30.2 Å². The van der Waals surface area contributed by atoms with Crippen LogP contribution in [0, 0.1) is 0 Å². The fourth-order valence-electron chi connectivity index (χ4n) is 1.85. The predicted molar refractivity (Wildman–Crippen MR) is 78.3 cm³/mol. The smallest absolute Gasteiger partial charge is 0.405 e. The normalized spacial score (nSPS) is 11.3. The Morgan fingerprint density at radius 3 is 2.62 bits per heavy atom. The van der Waals surface area contributed by atoms with E-state index in [1.165, 1.54) is 0 Å². The van der Waals surface area contributed by atoms with Gasteiger partial charge in [-0.25, -0.2) is 0 Å². The summed E-state index contributed by atoms with van der Waals surface area (Å²) >= 11 is 0. The van der Waals surface area contributed by atoms with Gasteiger partial charge in [-0.3, -0.25) is 4.79 Å². The highest BCUT2D eigenvalue weighted by Crippen LogP contribution is 2.20. The maximum absolute atomic E-state index is 12.0. The minimum absolute atomic E-state index is 0.0632. The molecule has 0 saturated carbocycles. The monoisotopic (exact) mass is 343 g/mol. The Balaban J connectivity index is 1.87. The van der Waals surface area contributed by atoms with E-state index in [4.69, 9.17) is 9.26 Å². The summed E-state index contributed by atoms with van der Waals surface area (Å²) in [6.45, 7) is 1.08. The summed E-state index contributed by atoms with van der Waals surface area (Å²) in [6.07, 6.45) is -4.53. The van der Waals surface area contributed by atoms with Gasteiger partial charge in [-0.2, -0.15) is 18.2 Å². The molecule has 1 aromatic carbocycles. The Labute approximate surface area is 136 Å². The van der Waals surface area contributed by atoms with Crippen LogP contribution in [0.1, 0.15) is 19.2 Å². The van der Waals surface area contributed by atoms with Gasteiger partial charge in [0.25, 0.3) is 0 Å². The Morgan fingerprint density at radius 1 is 1.29 bits per heavy atom. The van der Waals surface area contributed by atoms with Gasteiger partial charge in [-0.05, 0) is 31.2 Å². The third-order valence-electron chi connectivity index (χ3n) is 2.94. The Morgan fingerprint density at radius 2 is 2.00 bits per heavy atom. The zero-order valence-electron chi connectivity index (χ0n) is 12.9. The van der Waals surface area contributed by atoms with Gasteiger partial charge in [0, 0.05) is 18.4 Å². The molecule has 130 valence electrons. The Kier molecular flexibility index (Phi) is 5.78. The van der Waals surface area contributed by atoms with E-state index < -0.39 is 18.6 Å². The molecule has 0 fully saturated rings. The lowest BCUT2D eigenvalue weighted by atomic mass is 10.2. The van der Waals surface area contributed by atoms with Crippen LogP contribution in [0.5, 0.6) is 5.75 Å². The third-order valence-corrected chi connectivity index (χ3v) is 2.94. The molecule has 0 aliphatic rings. The molecule has 0 aliphatic heterocycles. The molecule has 0 spiro atoms. The highest BCUT2D eigenvalue weighted by molar-refractivity contribution is 5.76. The van der Waals surface area contributed by atoms with Gasteiger partial charge in [0.15, 0.2) is 0 Å². The molecule has 1 N–H and O–H groups in total. The van der Waals surface area contributed by atoms with E-state index in [1.54, 1.807) is 29.6 Å². The maximum Gasteiger partial charge on any atom is 0.405 e. The van der Waals surface area contributed by atoms with E-state index in [9.17, 15) is 18.0 Å². The number of ether oxygens (including phenoxy) is 1. The van der Waals surface area contributed by atoms with Crippen LogP contribution in [-0.2, 0) is 11.2 Å². The van der Waals surface area contributed by atoms with Gasteiger partial charge >= 0.3 is 6.18 Å². The number of halogens is 3. The number of nitrogens with one attached hydrogen (secondary N) is 1. The largest absolute Gasteiger partial charge is 0.494 e. The van der Waals surface area contributed by atoms with Crippen molar-refractivity contribution in [2.45, 2.75) is 25.9 Å². The fraction of sp³-hybridized carbons (Fsp3) is 0.400. The maximum atomic E-state index is 12.0. The first-order valence-corrected chi connectivity index (χ1v) is 7.26. The molecule has 24 heavy (non-hydrogen) atoms. The second-order valence-corrected chi connectivity index (χ2v) is 4.86. The van der Waals surface area contributed by atoms with Crippen molar-refractivity contribution in [2.24, 2.45) is 0 Å². The molecule has 0 atom stereocenters. The number of nitrogens with zero attached hydrogens (tertiary/aromatic N) is 2. The number of carbonyl (C=O) groups excluding carboxylic acids is 1. The molecule has 0 radical (unpaired) electrons. The molecule has 0 bridgehead atoms. The number of hydrogen-bond donors (Lipinski definition) is 1. The first-order chi connectivity index (χ1) is 11.4. The van der Waals surface area contributed by atoms with Crippen LogP contribution in [0.25, 0.3) is 11.4 Å². The van der Waals surface area contributed by atoms with Crippen LogP contribution in [0.2, 0.25) is 0 Å². The first kappa shape index (κ1) is 17.8. The zero-order chi connectivity index (χ0) is 17.6. The average Bonchev–Trinajstić information content (AvgIpc) is 3.00. The molecule has 1 aromatic heterocycles. The Hall–Kier alpha value is -2.58. The second-order valence-electron chi connectivity index (χ2n) is 4.86. The molecule has 0 unspecified atom stereocenters. The summed E-state index contributed by atoms with van der Waals surface area (Å²) in [7, 11) is 0. The van der Waals surface area contributed by atoms with Crippen LogP contribution < -0.4 is 10.1 Å². The summed E-state index contributed by atoms with van der Waals surface area (Å²) in [5.41, 5.74) is 0.704. The van der Waals surface area contributed by atoms with Gasteiger partial charge < -0.3 is 14.6 Å². The van der Waals surface area contributed by atoms with Gasteiger partial charge in [0.2, 0.25) is 17.6 Å². The van der Waals surface area contributed by atoms with Crippen molar-refractivity contribution < 1.29 is 27.2 Å². The van der Waals surface area contributed by atoms with Gasteiger partial charge in [-0.15, -0.1) is 0 Å². The molecule has 0 saturated heterocycles. The summed E-state index contributed by atoms with van der Waals surface area (Å²) < 4.78 is 46.3. The zero-order valence-corrected chi connectivity index (χ0v) is 12.9. The SMILES string of the molecule is CCOc1ccc(-c2noc(CCC(=O)NCC(F)(F)F)n2)cc1. The number of aryl methyl sites for hydroxylation is 1. The average molecular weight is 343 g/mol. The minimum Gasteiger partial charge on any atom is -0.494 e. The molecule has 2 aromatic rings. The fourth-order valence-corrected chi connectivity index (χ4v) is 1.85. The van der Waals surface area contributed by atoms with Crippen LogP contribution >= 0.6 is 0 Å². The summed E-state index contributed by atoms with van der Waals surface area (Å²) in [5.74, 6) is 0.504. The third kappa shape index (κ3) is 5.56. The number of rotatable bonds is 7. The molecule has 6 nitrogen and oxygen atoms in total. The first-order valence-electron chi connectivity index (χ1n) is 7.26. The van der Waals surface area contributed by atoms with Crippen molar-refractivity contribution in [3.8, 4) is 17.1 Å². The van der Waals surface area contributed by atoms with Crippen LogP contribution in [0.4, 0.5) is 13.2 Å². The lowest BCUT2D eigenvalue weighted by molar-refractivity contribution is -0.138. The van der Waals surface area contributed by atoms with Crippen molar-refractivity contribution in [1.82, 2.24) is 15.5 Å². The van der Waals surface area contributed by atoms with Crippen LogP contribution in [0.15, 0.2) is 28.8 Å². The number of carbonyl (C=O) groups is 1. The molecule has 9 heteroatoms. The lowest BCUT2D eigenvalue weighted by Gasteiger charge is -2.07. The van der Waals surface area contributed by atoms with E-state index in [0.29, 0.717) is 23.7 Å². The number of amides is 1. The van der Waals surface area contributed by atoms with Crippen molar-refractivity contribution in [3.63, 3.8) is 0 Å². The molecule has 2 rings (SSSR count). The van der Waals surface area contributed by atoms with Crippen LogP contribution in [-0.4, -0.2) is 35.4 Å². The van der Waals surface area contributed by atoms with E-state index in [1.807, 2.05) is 6.92 Å². The topological polar surface area (TPSA) is 77.2 Å². The summed E-state index contributed by atoms with van der Waals surface area (Å²) in [5, 5.41) is 5.57. The van der Waals surface area contributed by atoms with Crippen molar-refractivity contribution >= 4 is 5.91 Å². The Bertz CT molecular complexity index is 669. The van der Waals surface area contributed by atoms with E-state index in [0.717, 1.165) is 0 Å². The van der Waals surface area contributed by atoms with Crippen molar-refractivity contribution in [1.29, 1.82) is 0 Å². The molecular formula is C15H16F3N3O3. The van der Waals surface area contributed by atoms with Crippen molar-refractivity contribution in [2.75, 3.05) is 13.2 Å². The quantitative estimate of drug-likeness (QED) is 0.836. The number of hydrogen-bond acceptors (Lipinski definition) is 5. The predicted octanol–water partition coefficient (Wildman–Crippen LogP) is 2.75. The molecule has 0 aliphatic carbocycles.